The van der Waals surface area contributed by atoms with Crippen LogP contribution in [0.15, 0.2) is 9.95 Å². The number of rotatable bonds is 4. The Morgan fingerprint density at radius 1 is 1.41 bits per heavy atom. The molecule has 1 aromatic heterocycles. The standard InChI is InChI=1S/C14H23N5O2S/c1-8-5-4-6-11(9(8)2)16-12(20)7-22-14-18-17-10(3)13(21)19(14)15/h8-9,11H,4-7,15H2,1-3H3,(H,16,20)/t8-,9-,11+/m0/s1. The van der Waals surface area contributed by atoms with Crippen molar-refractivity contribution < 1.29 is 4.79 Å². The highest BCUT2D eigenvalue weighted by Gasteiger charge is 2.28. The number of carbonyl (C=O) groups excluding carboxylic acids is 1. The van der Waals surface area contributed by atoms with Crippen molar-refractivity contribution in [1.82, 2.24) is 20.2 Å². The molecule has 0 unspecified atom stereocenters. The van der Waals surface area contributed by atoms with Gasteiger partial charge in [-0.3, -0.25) is 9.59 Å². The average Bonchev–Trinajstić information content (AvgIpc) is 2.49. The third-order valence-electron chi connectivity index (χ3n) is 4.41. The number of nitrogens with zero attached hydrogens (tertiary/aromatic N) is 3. The lowest BCUT2D eigenvalue weighted by atomic mass is 9.78. The van der Waals surface area contributed by atoms with Crippen LogP contribution in [0.5, 0.6) is 0 Å². The van der Waals surface area contributed by atoms with Crippen LogP contribution < -0.4 is 16.7 Å². The maximum Gasteiger partial charge on any atom is 0.294 e. The molecule has 1 saturated carbocycles. The molecule has 2 rings (SSSR count). The summed E-state index contributed by atoms with van der Waals surface area (Å²) < 4.78 is 0.936. The summed E-state index contributed by atoms with van der Waals surface area (Å²) in [5.74, 6) is 6.86. The Labute approximate surface area is 134 Å². The van der Waals surface area contributed by atoms with E-state index in [4.69, 9.17) is 5.84 Å². The summed E-state index contributed by atoms with van der Waals surface area (Å²) in [6.45, 7) is 5.96. The summed E-state index contributed by atoms with van der Waals surface area (Å²) in [5, 5.41) is 10.9. The van der Waals surface area contributed by atoms with E-state index in [2.05, 4.69) is 29.4 Å². The number of hydrogen-bond acceptors (Lipinski definition) is 6. The van der Waals surface area contributed by atoms with Crippen LogP contribution in [-0.4, -0.2) is 32.6 Å². The van der Waals surface area contributed by atoms with E-state index in [9.17, 15) is 9.59 Å². The summed E-state index contributed by atoms with van der Waals surface area (Å²) >= 11 is 1.12. The first kappa shape index (κ1) is 16.8. The second kappa shape index (κ2) is 7.13. The van der Waals surface area contributed by atoms with Crippen LogP contribution in [0, 0.1) is 18.8 Å². The minimum absolute atomic E-state index is 0.0641. The highest BCUT2D eigenvalue weighted by molar-refractivity contribution is 7.99. The van der Waals surface area contributed by atoms with E-state index >= 15 is 0 Å². The van der Waals surface area contributed by atoms with Crippen LogP contribution in [0.2, 0.25) is 0 Å². The van der Waals surface area contributed by atoms with Crippen LogP contribution in [-0.2, 0) is 4.79 Å². The fraction of sp³-hybridized carbons (Fsp3) is 0.714. The van der Waals surface area contributed by atoms with Gasteiger partial charge in [0, 0.05) is 6.04 Å². The molecule has 1 aliphatic rings. The lowest BCUT2D eigenvalue weighted by molar-refractivity contribution is -0.120. The molecule has 1 amide bonds. The summed E-state index contributed by atoms with van der Waals surface area (Å²) in [6.07, 6.45) is 3.39. The topological polar surface area (TPSA) is 103 Å². The van der Waals surface area contributed by atoms with Gasteiger partial charge in [-0.15, -0.1) is 10.2 Å². The minimum atomic E-state index is -0.396. The molecule has 0 spiro atoms. The molecule has 3 N–H and O–H groups in total. The van der Waals surface area contributed by atoms with Crippen LogP contribution >= 0.6 is 11.8 Å². The zero-order valence-electron chi connectivity index (χ0n) is 13.2. The maximum atomic E-state index is 12.1. The smallest absolute Gasteiger partial charge is 0.294 e. The number of carbonyl (C=O) groups is 1. The van der Waals surface area contributed by atoms with Crippen molar-refractivity contribution in [3.05, 3.63) is 16.0 Å². The second-order valence-electron chi connectivity index (χ2n) is 5.97. The highest BCUT2D eigenvalue weighted by atomic mass is 32.2. The molecule has 7 nitrogen and oxygen atoms in total. The molecule has 0 aliphatic heterocycles. The number of nitrogens with two attached hydrogens (primary N) is 1. The highest BCUT2D eigenvalue weighted by Crippen LogP contribution is 2.29. The van der Waals surface area contributed by atoms with Gasteiger partial charge in [-0.1, -0.05) is 38.5 Å². The van der Waals surface area contributed by atoms with Crippen molar-refractivity contribution >= 4 is 17.7 Å². The third-order valence-corrected chi connectivity index (χ3v) is 5.35. The molecule has 0 saturated heterocycles. The molecule has 1 fully saturated rings. The predicted molar refractivity (Wildman–Crippen MR) is 86.0 cm³/mol. The molecule has 122 valence electrons. The SMILES string of the molecule is Cc1nnc(SCC(=O)N[C@@H]2CCC[C@H](C)[C@@H]2C)n(N)c1=O. The van der Waals surface area contributed by atoms with E-state index in [0.29, 0.717) is 11.8 Å². The number of hydrogen-bond donors (Lipinski definition) is 2. The van der Waals surface area contributed by atoms with Gasteiger partial charge in [0.25, 0.3) is 5.56 Å². The van der Waals surface area contributed by atoms with Gasteiger partial charge < -0.3 is 11.2 Å². The number of aryl methyl sites for hydroxylation is 1. The molecule has 1 aromatic rings. The number of amides is 1. The van der Waals surface area contributed by atoms with Gasteiger partial charge in [0.2, 0.25) is 11.1 Å². The minimum Gasteiger partial charge on any atom is -0.352 e. The molecule has 0 aromatic carbocycles. The lowest BCUT2D eigenvalue weighted by Gasteiger charge is -2.34. The second-order valence-corrected chi connectivity index (χ2v) is 6.92. The summed E-state index contributed by atoms with van der Waals surface area (Å²) in [5.41, 5.74) is -0.158. The molecule has 1 heterocycles. The van der Waals surface area contributed by atoms with E-state index in [1.165, 1.54) is 6.42 Å². The first-order valence-electron chi connectivity index (χ1n) is 7.53. The van der Waals surface area contributed by atoms with Gasteiger partial charge in [-0.2, -0.15) is 4.68 Å². The first-order chi connectivity index (χ1) is 10.4. The fourth-order valence-corrected chi connectivity index (χ4v) is 3.40. The predicted octanol–water partition coefficient (Wildman–Crippen LogP) is 0.694. The summed E-state index contributed by atoms with van der Waals surface area (Å²) in [4.78, 5) is 23.7. The zero-order valence-corrected chi connectivity index (χ0v) is 14.0. The van der Waals surface area contributed by atoms with Crippen LogP contribution in [0.1, 0.15) is 38.8 Å². The molecule has 0 bridgehead atoms. The quantitative estimate of drug-likeness (QED) is 0.624. The number of thioether (sulfide) groups is 1. The lowest BCUT2D eigenvalue weighted by Crippen LogP contribution is -2.44. The monoisotopic (exact) mass is 325 g/mol. The molecule has 22 heavy (non-hydrogen) atoms. The molecule has 1 aliphatic carbocycles. The Hall–Kier alpha value is -1.57. The summed E-state index contributed by atoms with van der Waals surface area (Å²) in [6, 6.07) is 0.223. The number of nitrogen functional groups attached to an aromatic ring is 1. The van der Waals surface area contributed by atoms with E-state index in [-0.39, 0.29) is 28.6 Å². The fourth-order valence-electron chi connectivity index (χ4n) is 2.73. The Morgan fingerprint density at radius 3 is 2.86 bits per heavy atom. The van der Waals surface area contributed by atoms with Gasteiger partial charge in [0.1, 0.15) is 5.69 Å². The van der Waals surface area contributed by atoms with E-state index < -0.39 is 5.56 Å². The largest absolute Gasteiger partial charge is 0.352 e. The van der Waals surface area contributed by atoms with Crippen LogP contribution in [0.3, 0.4) is 0 Å². The normalized spacial score (nSPS) is 25.0. The van der Waals surface area contributed by atoms with Crippen molar-refractivity contribution in [2.24, 2.45) is 11.8 Å². The number of nitrogens with one attached hydrogen (secondary N) is 1. The van der Waals surface area contributed by atoms with Crippen LogP contribution in [0.4, 0.5) is 0 Å². The maximum absolute atomic E-state index is 12.1. The Kier molecular flexibility index (Phi) is 5.44. The molecule has 0 radical (unpaired) electrons. The zero-order chi connectivity index (χ0) is 16.3. The molecule has 8 heteroatoms. The number of aromatic nitrogens is 3. The van der Waals surface area contributed by atoms with Gasteiger partial charge in [0.15, 0.2) is 0 Å². The van der Waals surface area contributed by atoms with Crippen molar-refractivity contribution in [3.8, 4) is 0 Å². The summed E-state index contributed by atoms with van der Waals surface area (Å²) in [7, 11) is 0. The molecule has 3 atom stereocenters. The Balaban J connectivity index is 1.91. The molecular weight excluding hydrogens is 302 g/mol. The Bertz CT molecular complexity index is 603. The van der Waals surface area contributed by atoms with Crippen molar-refractivity contribution in [1.29, 1.82) is 0 Å². The van der Waals surface area contributed by atoms with Crippen molar-refractivity contribution in [3.63, 3.8) is 0 Å². The van der Waals surface area contributed by atoms with Gasteiger partial charge in [-0.25, -0.2) is 0 Å². The van der Waals surface area contributed by atoms with E-state index in [1.807, 2.05) is 0 Å². The first-order valence-corrected chi connectivity index (χ1v) is 8.52. The van der Waals surface area contributed by atoms with Gasteiger partial charge >= 0.3 is 0 Å². The molecular formula is C14H23N5O2S. The van der Waals surface area contributed by atoms with E-state index in [1.54, 1.807) is 6.92 Å². The Morgan fingerprint density at radius 2 is 2.14 bits per heavy atom. The van der Waals surface area contributed by atoms with Crippen LogP contribution in [0.25, 0.3) is 0 Å². The van der Waals surface area contributed by atoms with Gasteiger partial charge in [-0.05, 0) is 25.2 Å². The average molecular weight is 325 g/mol. The van der Waals surface area contributed by atoms with Crippen molar-refractivity contribution in [2.45, 2.75) is 51.2 Å². The van der Waals surface area contributed by atoms with E-state index in [0.717, 1.165) is 29.3 Å². The third kappa shape index (κ3) is 3.79. The van der Waals surface area contributed by atoms with Crippen molar-refractivity contribution in [2.75, 3.05) is 11.6 Å². The van der Waals surface area contributed by atoms with Gasteiger partial charge in [0.05, 0.1) is 5.75 Å².